The highest BCUT2D eigenvalue weighted by atomic mass is 31.1. The molecule has 0 aromatic carbocycles. The van der Waals surface area contributed by atoms with Crippen molar-refractivity contribution >= 4 is 8.46 Å². The van der Waals surface area contributed by atoms with Crippen LogP contribution in [-0.2, 0) is 4.57 Å². The number of aliphatic hydroxyl groups is 2. The van der Waals surface area contributed by atoms with Crippen molar-refractivity contribution in [2.24, 2.45) is 0 Å². The standard InChI is InChI=1S/CH5O3P/c2-1(3)5-4/h1-3H,5H2. The van der Waals surface area contributed by atoms with E-state index in [4.69, 9.17) is 10.2 Å². The van der Waals surface area contributed by atoms with Crippen LogP contribution in [0.4, 0.5) is 0 Å². The second kappa shape index (κ2) is 2.39. The van der Waals surface area contributed by atoms with Crippen molar-refractivity contribution in [1.82, 2.24) is 0 Å². The van der Waals surface area contributed by atoms with Gasteiger partial charge in [-0.25, -0.2) is 0 Å². The SMILES string of the molecule is O=[PH2]C(O)O. The third-order valence-corrected chi connectivity index (χ3v) is 0.365. The van der Waals surface area contributed by atoms with E-state index in [-0.39, 0.29) is 0 Å². The second-order valence-corrected chi connectivity index (χ2v) is 1.42. The molecule has 0 aromatic heterocycles. The summed E-state index contributed by atoms with van der Waals surface area (Å²) in [6, 6.07) is -1.59. The molecular weight excluding hydrogens is 91.0 g/mol. The molecule has 2 N–H and O–H groups in total. The summed E-state index contributed by atoms with van der Waals surface area (Å²) in [5.74, 6) is 0. The van der Waals surface area contributed by atoms with Crippen molar-refractivity contribution < 1.29 is 14.8 Å². The molecule has 0 spiro atoms. The van der Waals surface area contributed by atoms with Crippen LogP contribution in [0, 0.1) is 0 Å². The van der Waals surface area contributed by atoms with Gasteiger partial charge in [0.15, 0.2) is 0 Å². The zero-order valence-corrected chi connectivity index (χ0v) is 3.61. The lowest BCUT2D eigenvalue weighted by molar-refractivity contribution is 0.0351. The van der Waals surface area contributed by atoms with Gasteiger partial charge in [-0.3, -0.25) is 0 Å². The molecule has 0 rings (SSSR count). The second-order valence-electron chi connectivity index (χ2n) is 0.550. The number of hydrogen-bond donors (Lipinski definition) is 2. The Morgan fingerprint density at radius 2 is 1.80 bits per heavy atom. The summed E-state index contributed by atoms with van der Waals surface area (Å²) in [5.41, 5.74) is 0. The van der Waals surface area contributed by atoms with Gasteiger partial charge in [0.05, 0.1) is 0 Å². The van der Waals surface area contributed by atoms with Crippen LogP contribution in [0.1, 0.15) is 0 Å². The molecule has 0 saturated heterocycles. The first-order valence-corrected chi connectivity index (χ1v) is 2.22. The molecule has 0 bridgehead atoms. The molecule has 4 heteroatoms. The van der Waals surface area contributed by atoms with Gasteiger partial charge in [-0.2, -0.15) is 0 Å². The summed E-state index contributed by atoms with van der Waals surface area (Å²) in [7, 11) is -1.41. The Morgan fingerprint density at radius 1 is 1.60 bits per heavy atom. The fraction of sp³-hybridized carbons (Fsp3) is 1.00. The summed E-state index contributed by atoms with van der Waals surface area (Å²) >= 11 is 0. The van der Waals surface area contributed by atoms with Gasteiger partial charge in [-0.05, 0) is 0 Å². The first kappa shape index (κ1) is 5.15. The van der Waals surface area contributed by atoms with Gasteiger partial charge in [0.2, 0.25) is 6.03 Å². The molecule has 32 valence electrons. The van der Waals surface area contributed by atoms with Crippen molar-refractivity contribution in [3.8, 4) is 0 Å². The van der Waals surface area contributed by atoms with Crippen LogP contribution in [0.2, 0.25) is 0 Å². The predicted octanol–water partition coefficient (Wildman–Crippen LogP) is -0.989. The largest absolute Gasteiger partial charge is 0.363 e. The number of hydrogen-bond acceptors (Lipinski definition) is 3. The van der Waals surface area contributed by atoms with Gasteiger partial charge in [-0.1, -0.05) is 0 Å². The van der Waals surface area contributed by atoms with Gasteiger partial charge in [-0.15, -0.1) is 0 Å². The third kappa shape index (κ3) is 4.15. The Hall–Kier alpha value is 0.150. The molecule has 0 heterocycles. The van der Waals surface area contributed by atoms with E-state index in [1.165, 1.54) is 0 Å². The van der Waals surface area contributed by atoms with Gasteiger partial charge in [0, 0.05) is 0 Å². The Morgan fingerprint density at radius 3 is 1.80 bits per heavy atom. The Kier molecular flexibility index (Phi) is 2.46. The number of aliphatic hydroxyl groups excluding tert-OH is 1. The maximum Gasteiger partial charge on any atom is 0.200 e. The highest BCUT2D eigenvalue weighted by Crippen LogP contribution is 1.92. The van der Waals surface area contributed by atoms with E-state index in [2.05, 4.69) is 0 Å². The molecule has 0 aliphatic carbocycles. The van der Waals surface area contributed by atoms with Gasteiger partial charge >= 0.3 is 0 Å². The average molecular weight is 96.0 g/mol. The quantitative estimate of drug-likeness (QED) is 0.325. The molecule has 1 atom stereocenters. The van der Waals surface area contributed by atoms with E-state index in [9.17, 15) is 4.57 Å². The van der Waals surface area contributed by atoms with Crippen molar-refractivity contribution in [2.75, 3.05) is 0 Å². The van der Waals surface area contributed by atoms with Crippen LogP contribution >= 0.6 is 8.46 Å². The lowest BCUT2D eigenvalue weighted by Gasteiger charge is -1.81. The summed E-state index contributed by atoms with van der Waals surface area (Å²) in [5, 5.41) is 15.3. The predicted molar refractivity (Wildman–Crippen MR) is 18.6 cm³/mol. The molecule has 0 radical (unpaired) electrons. The third-order valence-electron chi connectivity index (χ3n) is 0.122. The molecule has 0 amide bonds. The van der Waals surface area contributed by atoms with Crippen LogP contribution in [0.25, 0.3) is 0 Å². The molecule has 0 aliphatic heterocycles. The fourth-order valence-electron chi connectivity index (χ4n) is 0. The molecule has 0 aliphatic rings. The first-order valence-electron chi connectivity index (χ1n) is 1.09. The molecule has 0 fully saturated rings. The van der Waals surface area contributed by atoms with Gasteiger partial charge in [0.1, 0.15) is 8.46 Å². The minimum atomic E-state index is -1.59. The van der Waals surface area contributed by atoms with E-state index in [1.807, 2.05) is 0 Å². The lowest BCUT2D eigenvalue weighted by Crippen LogP contribution is -1.87. The molecule has 0 aromatic rings. The first-order chi connectivity index (χ1) is 2.27. The topological polar surface area (TPSA) is 57.5 Å². The van der Waals surface area contributed by atoms with Crippen LogP contribution in [-0.4, -0.2) is 16.2 Å². The Labute approximate surface area is 30.4 Å². The zero-order chi connectivity index (χ0) is 4.28. The van der Waals surface area contributed by atoms with Crippen molar-refractivity contribution in [3.63, 3.8) is 0 Å². The van der Waals surface area contributed by atoms with Crippen LogP contribution in [0.3, 0.4) is 0 Å². The molecule has 1 unspecified atom stereocenters. The van der Waals surface area contributed by atoms with E-state index >= 15 is 0 Å². The summed E-state index contributed by atoms with van der Waals surface area (Å²) in [4.78, 5) is 0. The highest BCUT2D eigenvalue weighted by molar-refractivity contribution is 7.24. The van der Waals surface area contributed by atoms with E-state index in [0.29, 0.717) is 0 Å². The van der Waals surface area contributed by atoms with E-state index in [0.717, 1.165) is 0 Å². The van der Waals surface area contributed by atoms with Crippen molar-refractivity contribution in [1.29, 1.82) is 0 Å². The smallest absolute Gasteiger partial charge is 0.200 e. The van der Waals surface area contributed by atoms with Crippen LogP contribution in [0.15, 0.2) is 0 Å². The average Bonchev–Trinajstić information content (AvgIpc) is 1.38. The van der Waals surface area contributed by atoms with Crippen LogP contribution in [0.5, 0.6) is 0 Å². The minimum Gasteiger partial charge on any atom is -0.363 e. The van der Waals surface area contributed by atoms with E-state index in [1.54, 1.807) is 0 Å². The monoisotopic (exact) mass is 96.0 g/mol. The molecule has 0 saturated carbocycles. The normalized spacial score (nSPS) is 11.8. The molecular formula is CH5O3P. The summed E-state index contributed by atoms with van der Waals surface area (Å²) in [6.07, 6.45) is 0. The minimum absolute atomic E-state index is 1.41. The summed E-state index contributed by atoms with van der Waals surface area (Å²) < 4.78 is 9.21. The van der Waals surface area contributed by atoms with Gasteiger partial charge < -0.3 is 14.8 Å². The maximum absolute atomic E-state index is 9.21. The summed E-state index contributed by atoms with van der Waals surface area (Å²) in [6.45, 7) is 0. The molecule has 5 heavy (non-hydrogen) atoms. The Bertz CT molecular complexity index is 33.9. The Balaban J connectivity index is 2.83. The fourth-order valence-corrected chi connectivity index (χ4v) is 0. The maximum atomic E-state index is 9.21. The van der Waals surface area contributed by atoms with Gasteiger partial charge in [0.25, 0.3) is 0 Å². The highest BCUT2D eigenvalue weighted by Gasteiger charge is 1.81. The zero-order valence-electron chi connectivity index (χ0n) is 2.46. The number of rotatable bonds is 1. The molecule has 3 nitrogen and oxygen atoms in total. The van der Waals surface area contributed by atoms with Crippen LogP contribution < -0.4 is 0 Å². The van der Waals surface area contributed by atoms with E-state index < -0.39 is 14.5 Å². The van der Waals surface area contributed by atoms with Crippen molar-refractivity contribution in [2.45, 2.75) is 6.03 Å². The van der Waals surface area contributed by atoms with Crippen molar-refractivity contribution in [3.05, 3.63) is 0 Å². The lowest BCUT2D eigenvalue weighted by atomic mass is 11.5.